The van der Waals surface area contributed by atoms with Crippen molar-refractivity contribution in [3.8, 4) is 5.75 Å². The molecule has 2 aromatic rings. The lowest BCUT2D eigenvalue weighted by Gasteiger charge is -2.19. The average molecular weight is 354 g/mol. The van der Waals surface area contributed by atoms with Gasteiger partial charge >= 0.3 is 0 Å². The molecule has 1 aromatic heterocycles. The molecule has 0 radical (unpaired) electrons. The van der Waals surface area contributed by atoms with E-state index in [1.165, 1.54) is 18.4 Å². The Balaban J connectivity index is 1.45. The predicted octanol–water partition coefficient (Wildman–Crippen LogP) is 2.37. The molecule has 26 heavy (non-hydrogen) atoms. The SMILES string of the molecule is COc1cccc(CN2CC[C@@H](c3cc(=O)[nH]c(N4CCCC4)n3)C2)c1. The number of methoxy groups -OCH3 is 1. The number of aromatic amines is 1. The minimum Gasteiger partial charge on any atom is -0.497 e. The smallest absolute Gasteiger partial charge is 0.252 e. The molecule has 0 unspecified atom stereocenters. The summed E-state index contributed by atoms with van der Waals surface area (Å²) >= 11 is 0. The Labute approximate surface area is 153 Å². The molecule has 6 nitrogen and oxygen atoms in total. The maximum atomic E-state index is 12.1. The number of ether oxygens (including phenoxy) is 1. The number of likely N-dealkylation sites (tertiary alicyclic amines) is 1. The van der Waals surface area contributed by atoms with Gasteiger partial charge in [-0.2, -0.15) is 0 Å². The Kier molecular flexibility index (Phi) is 4.93. The molecule has 6 heteroatoms. The Bertz CT molecular complexity index is 813. The lowest BCUT2D eigenvalue weighted by atomic mass is 10.0. The molecule has 2 aliphatic rings. The summed E-state index contributed by atoms with van der Waals surface area (Å²) in [6.45, 7) is 4.83. The molecule has 0 bridgehead atoms. The summed E-state index contributed by atoms with van der Waals surface area (Å²) in [6.07, 6.45) is 3.39. The van der Waals surface area contributed by atoms with Crippen LogP contribution in [0.15, 0.2) is 35.1 Å². The van der Waals surface area contributed by atoms with Crippen LogP contribution in [0.4, 0.5) is 5.95 Å². The number of nitrogens with zero attached hydrogens (tertiary/aromatic N) is 3. The number of H-pyrrole nitrogens is 1. The van der Waals surface area contributed by atoms with Gasteiger partial charge in [0.15, 0.2) is 0 Å². The zero-order valence-corrected chi connectivity index (χ0v) is 15.3. The zero-order chi connectivity index (χ0) is 17.9. The number of aromatic nitrogens is 2. The minimum absolute atomic E-state index is 0.0388. The molecule has 3 heterocycles. The van der Waals surface area contributed by atoms with Crippen LogP contribution >= 0.6 is 0 Å². The van der Waals surface area contributed by atoms with Crippen molar-refractivity contribution in [2.24, 2.45) is 0 Å². The van der Waals surface area contributed by atoms with Gasteiger partial charge in [-0.1, -0.05) is 12.1 Å². The molecule has 0 aliphatic carbocycles. The van der Waals surface area contributed by atoms with Crippen molar-refractivity contribution in [3.63, 3.8) is 0 Å². The summed E-state index contributed by atoms with van der Waals surface area (Å²) in [5.74, 6) is 1.96. The second-order valence-electron chi connectivity index (χ2n) is 7.26. The molecule has 2 fully saturated rings. The maximum Gasteiger partial charge on any atom is 0.252 e. The van der Waals surface area contributed by atoms with Crippen LogP contribution in [0.3, 0.4) is 0 Å². The van der Waals surface area contributed by atoms with E-state index < -0.39 is 0 Å². The first-order chi connectivity index (χ1) is 12.7. The monoisotopic (exact) mass is 354 g/mol. The van der Waals surface area contributed by atoms with E-state index >= 15 is 0 Å². The predicted molar refractivity (Wildman–Crippen MR) is 102 cm³/mol. The number of hydrogen-bond donors (Lipinski definition) is 1. The van der Waals surface area contributed by atoms with Crippen molar-refractivity contribution in [3.05, 3.63) is 51.9 Å². The van der Waals surface area contributed by atoms with Crippen molar-refractivity contribution in [1.29, 1.82) is 0 Å². The number of nitrogens with one attached hydrogen (secondary N) is 1. The number of hydrogen-bond acceptors (Lipinski definition) is 5. The van der Waals surface area contributed by atoms with Gasteiger partial charge in [0.25, 0.3) is 5.56 Å². The Morgan fingerprint density at radius 2 is 2.08 bits per heavy atom. The topological polar surface area (TPSA) is 61.5 Å². The van der Waals surface area contributed by atoms with Gasteiger partial charge in [0.05, 0.1) is 12.8 Å². The number of rotatable bonds is 5. The molecule has 0 spiro atoms. The summed E-state index contributed by atoms with van der Waals surface area (Å²) < 4.78 is 5.31. The van der Waals surface area contributed by atoms with E-state index in [9.17, 15) is 4.79 Å². The molecule has 2 saturated heterocycles. The average Bonchev–Trinajstić information content (AvgIpc) is 3.33. The van der Waals surface area contributed by atoms with Crippen LogP contribution in [-0.2, 0) is 6.54 Å². The van der Waals surface area contributed by atoms with Crippen LogP contribution in [0.25, 0.3) is 0 Å². The van der Waals surface area contributed by atoms with Crippen LogP contribution in [-0.4, -0.2) is 48.2 Å². The molecule has 0 amide bonds. The third-order valence-electron chi connectivity index (χ3n) is 5.39. The zero-order valence-electron chi connectivity index (χ0n) is 15.3. The fourth-order valence-corrected chi connectivity index (χ4v) is 4.00. The van der Waals surface area contributed by atoms with Crippen LogP contribution < -0.4 is 15.2 Å². The van der Waals surface area contributed by atoms with Gasteiger partial charge in [0.2, 0.25) is 5.95 Å². The van der Waals surface area contributed by atoms with Crippen LogP contribution in [0.1, 0.15) is 36.4 Å². The molecule has 138 valence electrons. The first-order valence-corrected chi connectivity index (χ1v) is 9.43. The largest absolute Gasteiger partial charge is 0.497 e. The van der Waals surface area contributed by atoms with Gasteiger partial charge in [-0.25, -0.2) is 4.98 Å². The lowest BCUT2D eigenvalue weighted by molar-refractivity contribution is 0.325. The van der Waals surface area contributed by atoms with E-state index in [1.807, 2.05) is 12.1 Å². The highest BCUT2D eigenvalue weighted by atomic mass is 16.5. The fraction of sp³-hybridized carbons (Fsp3) is 0.500. The minimum atomic E-state index is -0.0388. The number of anilines is 1. The second-order valence-corrected chi connectivity index (χ2v) is 7.26. The van der Waals surface area contributed by atoms with E-state index in [1.54, 1.807) is 13.2 Å². The molecule has 1 atom stereocenters. The summed E-state index contributed by atoms with van der Waals surface area (Å²) in [5.41, 5.74) is 2.15. The van der Waals surface area contributed by atoms with Gasteiger partial charge in [0.1, 0.15) is 5.75 Å². The van der Waals surface area contributed by atoms with Gasteiger partial charge < -0.3 is 9.64 Å². The fourth-order valence-electron chi connectivity index (χ4n) is 4.00. The second kappa shape index (κ2) is 7.50. The molecular weight excluding hydrogens is 328 g/mol. The van der Waals surface area contributed by atoms with Crippen molar-refractivity contribution < 1.29 is 4.74 Å². The summed E-state index contributed by atoms with van der Waals surface area (Å²) in [6, 6.07) is 9.90. The number of benzene rings is 1. The van der Waals surface area contributed by atoms with E-state index in [-0.39, 0.29) is 5.56 Å². The van der Waals surface area contributed by atoms with Gasteiger partial charge in [-0.15, -0.1) is 0 Å². The van der Waals surface area contributed by atoms with E-state index in [0.717, 1.165) is 56.5 Å². The van der Waals surface area contributed by atoms with Crippen LogP contribution in [0, 0.1) is 0 Å². The Hall–Kier alpha value is -2.34. The summed E-state index contributed by atoms with van der Waals surface area (Å²) in [5, 5.41) is 0. The highest BCUT2D eigenvalue weighted by Crippen LogP contribution is 2.28. The van der Waals surface area contributed by atoms with E-state index in [2.05, 4.69) is 26.9 Å². The Morgan fingerprint density at radius 3 is 2.88 bits per heavy atom. The van der Waals surface area contributed by atoms with Crippen molar-refractivity contribution in [1.82, 2.24) is 14.9 Å². The molecule has 1 N–H and O–H groups in total. The highest BCUT2D eigenvalue weighted by Gasteiger charge is 2.26. The highest BCUT2D eigenvalue weighted by molar-refractivity contribution is 5.33. The van der Waals surface area contributed by atoms with Gasteiger partial charge in [-0.3, -0.25) is 14.7 Å². The third-order valence-corrected chi connectivity index (χ3v) is 5.39. The van der Waals surface area contributed by atoms with E-state index in [4.69, 9.17) is 9.72 Å². The molecule has 4 rings (SSSR count). The maximum absolute atomic E-state index is 12.1. The van der Waals surface area contributed by atoms with Crippen molar-refractivity contribution in [2.75, 3.05) is 38.2 Å². The van der Waals surface area contributed by atoms with Crippen LogP contribution in [0.2, 0.25) is 0 Å². The Morgan fingerprint density at radius 1 is 1.23 bits per heavy atom. The van der Waals surface area contributed by atoms with Crippen molar-refractivity contribution >= 4 is 5.95 Å². The lowest BCUT2D eigenvalue weighted by Crippen LogP contribution is -2.25. The molecule has 2 aliphatic heterocycles. The van der Waals surface area contributed by atoms with Gasteiger partial charge in [-0.05, 0) is 43.5 Å². The first-order valence-electron chi connectivity index (χ1n) is 9.43. The normalized spacial score (nSPS) is 20.7. The molecule has 0 saturated carbocycles. The third kappa shape index (κ3) is 3.75. The van der Waals surface area contributed by atoms with Gasteiger partial charge in [0, 0.05) is 38.2 Å². The molecule has 1 aromatic carbocycles. The quantitative estimate of drug-likeness (QED) is 0.893. The van der Waals surface area contributed by atoms with Crippen LogP contribution in [0.5, 0.6) is 5.75 Å². The summed E-state index contributed by atoms with van der Waals surface area (Å²) in [7, 11) is 1.70. The summed E-state index contributed by atoms with van der Waals surface area (Å²) in [4.78, 5) is 24.4. The van der Waals surface area contributed by atoms with Crippen molar-refractivity contribution in [2.45, 2.75) is 31.7 Å². The van der Waals surface area contributed by atoms with E-state index in [0.29, 0.717) is 5.92 Å². The standard InChI is InChI=1S/C20H26N4O2/c1-26-17-6-4-5-15(11-17)13-23-10-7-16(14-23)18-12-19(25)22-20(21-18)24-8-2-3-9-24/h4-6,11-12,16H,2-3,7-10,13-14H2,1H3,(H,21,22,25)/t16-/m1/s1. The molecular formula is C20H26N4O2. The first kappa shape index (κ1) is 17.1.